The van der Waals surface area contributed by atoms with E-state index >= 15 is 0 Å². The number of benzene rings is 1. The molecule has 0 spiro atoms. The highest BCUT2D eigenvalue weighted by atomic mass is 16.3. The van der Waals surface area contributed by atoms with Crippen molar-refractivity contribution in [2.45, 2.75) is 39.2 Å². The summed E-state index contributed by atoms with van der Waals surface area (Å²) in [5, 5.41) is 5.03. The average Bonchev–Trinajstić information content (AvgIpc) is 3.41. The molecule has 4 heterocycles. The van der Waals surface area contributed by atoms with Crippen LogP contribution in [0.15, 0.2) is 63.3 Å². The van der Waals surface area contributed by atoms with Crippen LogP contribution in [0.5, 0.6) is 0 Å². The summed E-state index contributed by atoms with van der Waals surface area (Å²) < 4.78 is 8.70. The fourth-order valence-electron chi connectivity index (χ4n) is 3.77. The lowest BCUT2D eigenvalue weighted by atomic mass is 10.2. The van der Waals surface area contributed by atoms with Gasteiger partial charge in [0.25, 0.3) is 5.65 Å². The molecule has 156 valence electrons. The van der Waals surface area contributed by atoms with Crippen molar-refractivity contribution >= 4 is 39.4 Å². The number of rotatable bonds is 7. The summed E-state index contributed by atoms with van der Waals surface area (Å²) >= 11 is 0. The van der Waals surface area contributed by atoms with E-state index in [2.05, 4.69) is 17.0 Å². The van der Waals surface area contributed by atoms with Gasteiger partial charge in [-0.25, -0.2) is 24.3 Å². The Labute approximate surface area is 177 Å². The molecule has 5 aromatic rings. The molecule has 0 bridgehead atoms. The van der Waals surface area contributed by atoms with Gasteiger partial charge in [-0.05, 0) is 30.7 Å². The maximum Gasteiger partial charge on any atom is 0.322 e. The van der Waals surface area contributed by atoms with Crippen molar-refractivity contribution in [2.24, 2.45) is 5.10 Å². The molecule has 31 heavy (non-hydrogen) atoms. The minimum Gasteiger partial charge on any atom is -0.463 e. The lowest BCUT2D eigenvalue weighted by Gasteiger charge is -2.00. The molecular formula is C23H23N6O2+. The summed E-state index contributed by atoms with van der Waals surface area (Å²) in [5.74, 6) is 0.605. The minimum absolute atomic E-state index is 0.0909. The third-order valence-corrected chi connectivity index (χ3v) is 5.37. The number of hydrogen-bond donors (Lipinski definition) is 0. The Hall–Kier alpha value is -3.81. The van der Waals surface area contributed by atoms with Crippen molar-refractivity contribution in [1.29, 1.82) is 0 Å². The zero-order chi connectivity index (χ0) is 21.2. The minimum atomic E-state index is -0.0909. The van der Waals surface area contributed by atoms with Gasteiger partial charge in [0.05, 0.1) is 23.8 Å². The summed E-state index contributed by atoms with van der Waals surface area (Å²) in [4.78, 5) is 26.2. The van der Waals surface area contributed by atoms with Gasteiger partial charge in [0.2, 0.25) is 5.65 Å². The largest absolute Gasteiger partial charge is 0.463 e. The van der Waals surface area contributed by atoms with Crippen LogP contribution in [0.2, 0.25) is 0 Å². The monoisotopic (exact) mass is 415 g/mol. The Morgan fingerprint density at radius 1 is 1.10 bits per heavy atom. The number of aromatic amines is 1. The molecule has 1 aromatic carbocycles. The van der Waals surface area contributed by atoms with Crippen molar-refractivity contribution < 1.29 is 9.40 Å². The molecule has 8 nitrogen and oxygen atoms in total. The quantitative estimate of drug-likeness (QED) is 0.299. The fourth-order valence-corrected chi connectivity index (χ4v) is 3.77. The van der Waals surface area contributed by atoms with Crippen LogP contribution >= 0.6 is 0 Å². The predicted molar refractivity (Wildman–Crippen MR) is 119 cm³/mol. The van der Waals surface area contributed by atoms with Crippen molar-refractivity contribution in [3.63, 3.8) is 0 Å². The van der Waals surface area contributed by atoms with Gasteiger partial charge < -0.3 is 4.42 Å². The molecular weight excluding hydrogens is 392 g/mol. The first kappa shape index (κ1) is 19.2. The van der Waals surface area contributed by atoms with Crippen LogP contribution in [0.1, 0.15) is 38.4 Å². The number of unbranched alkanes of at least 4 members (excludes halogenated alkanes) is 3. The lowest BCUT2D eigenvalue weighted by Crippen LogP contribution is -2.26. The van der Waals surface area contributed by atoms with Crippen molar-refractivity contribution in [3.8, 4) is 0 Å². The van der Waals surface area contributed by atoms with Crippen molar-refractivity contribution in [1.82, 2.24) is 19.2 Å². The van der Waals surface area contributed by atoms with Crippen molar-refractivity contribution in [2.75, 3.05) is 0 Å². The first-order valence-corrected chi connectivity index (χ1v) is 10.6. The zero-order valence-corrected chi connectivity index (χ0v) is 17.3. The summed E-state index contributed by atoms with van der Waals surface area (Å²) in [6.45, 7) is 2.84. The van der Waals surface area contributed by atoms with Crippen LogP contribution in [0, 0.1) is 0 Å². The normalized spacial score (nSPS) is 12.0. The van der Waals surface area contributed by atoms with Gasteiger partial charge in [-0.1, -0.05) is 38.3 Å². The third kappa shape index (κ3) is 3.50. The third-order valence-electron chi connectivity index (χ3n) is 5.37. The summed E-state index contributed by atoms with van der Waals surface area (Å²) in [7, 11) is 0. The van der Waals surface area contributed by atoms with Gasteiger partial charge in [-0.15, -0.1) is 9.78 Å². The first-order chi connectivity index (χ1) is 15.3. The first-order valence-electron chi connectivity index (χ1n) is 10.6. The van der Waals surface area contributed by atoms with Crippen LogP contribution in [0.4, 0.5) is 0 Å². The smallest absolute Gasteiger partial charge is 0.322 e. The second-order valence-electron chi connectivity index (χ2n) is 7.51. The standard InChI is InChI=1S/C23H22N6O2/c1-2-3-4-7-12-28-15-24-21-19(23(28)30)20-22(27-18-11-6-5-10-17(18)26-20)29(21)25-14-16-9-8-13-31-16/h5-6,8-11,13-15H,2-4,7,12H2,1H3/p+1/b25-14-. The van der Waals surface area contributed by atoms with E-state index in [1.165, 1.54) is 6.42 Å². The van der Waals surface area contributed by atoms with Gasteiger partial charge in [0.15, 0.2) is 11.7 Å². The number of H-pyrrole nitrogens is 1. The van der Waals surface area contributed by atoms with E-state index in [4.69, 9.17) is 14.4 Å². The van der Waals surface area contributed by atoms with Crippen LogP contribution in [0.3, 0.4) is 0 Å². The number of hydrogen-bond acceptors (Lipinski definition) is 5. The van der Waals surface area contributed by atoms with E-state index in [1.54, 1.807) is 34.1 Å². The van der Waals surface area contributed by atoms with E-state index < -0.39 is 0 Å². The Morgan fingerprint density at radius 2 is 1.94 bits per heavy atom. The Morgan fingerprint density at radius 3 is 2.71 bits per heavy atom. The molecule has 0 aliphatic rings. The molecule has 0 radical (unpaired) electrons. The molecule has 0 amide bonds. The van der Waals surface area contributed by atoms with Crippen LogP contribution < -0.4 is 10.5 Å². The highest BCUT2D eigenvalue weighted by Gasteiger charge is 2.24. The number of nitrogens with zero attached hydrogens (tertiary/aromatic N) is 5. The van der Waals surface area contributed by atoms with Gasteiger partial charge in [0.1, 0.15) is 17.5 Å². The molecule has 8 heteroatoms. The number of furan rings is 1. The SMILES string of the molecule is CCCCCCn1c[nH+]c2c(c1=O)c1nc3ccccc3nc1n2/N=C\c1ccco1. The molecule has 0 saturated heterocycles. The van der Waals surface area contributed by atoms with Gasteiger partial charge in [-0.3, -0.25) is 0 Å². The lowest BCUT2D eigenvalue weighted by molar-refractivity contribution is -0.357. The second-order valence-corrected chi connectivity index (χ2v) is 7.51. The molecule has 4 aromatic heterocycles. The van der Waals surface area contributed by atoms with Gasteiger partial charge >= 0.3 is 5.56 Å². The Kier molecular flexibility index (Phi) is 5.03. The van der Waals surface area contributed by atoms with Crippen LogP contribution in [-0.4, -0.2) is 25.4 Å². The van der Waals surface area contributed by atoms with Gasteiger partial charge in [0, 0.05) is 0 Å². The number of aromatic nitrogens is 5. The van der Waals surface area contributed by atoms with Gasteiger partial charge in [-0.2, -0.15) is 0 Å². The molecule has 0 atom stereocenters. The van der Waals surface area contributed by atoms with E-state index in [0.717, 1.165) is 30.3 Å². The van der Waals surface area contributed by atoms with E-state index in [1.807, 2.05) is 30.3 Å². The molecule has 0 aliphatic carbocycles. The van der Waals surface area contributed by atoms with Crippen LogP contribution in [-0.2, 0) is 6.54 Å². The highest BCUT2D eigenvalue weighted by Crippen LogP contribution is 2.23. The summed E-state index contributed by atoms with van der Waals surface area (Å²) in [5.41, 5.74) is 3.01. The maximum atomic E-state index is 13.4. The predicted octanol–water partition coefficient (Wildman–Crippen LogP) is 3.77. The van der Waals surface area contributed by atoms with Crippen LogP contribution in [0.25, 0.3) is 33.2 Å². The second kappa shape index (κ2) is 8.14. The Bertz CT molecular complexity index is 1450. The van der Waals surface area contributed by atoms with Crippen molar-refractivity contribution in [3.05, 3.63) is 65.1 Å². The average molecular weight is 415 g/mol. The number of aryl methyl sites for hydroxylation is 1. The summed E-state index contributed by atoms with van der Waals surface area (Å²) in [6.07, 6.45) is 9.28. The molecule has 1 N–H and O–H groups in total. The molecule has 0 unspecified atom stereocenters. The Balaban J connectivity index is 1.72. The zero-order valence-electron chi connectivity index (χ0n) is 17.3. The molecule has 0 saturated carbocycles. The topological polar surface area (TPSA) is 92.3 Å². The molecule has 0 fully saturated rings. The summed E-state index contributed by atoms with van der Waals surface area (Å²) in [6, 6.07) is 11.2. The fraction of sp³-hybridized carbons (Fsp3) is 0.261. The molecule has 0 aliphatic heterocycles. The van der Waals surface area contributed by atoms with E-state index in [9.17, 15) is 4.79 Å². The highest BCUT2D eigenvalue weighted by molar-refractivity contribution is 6.03. The number of fused-ring (bicyclic) bond motifs is 4. The maximum absolute atomic E-state index is 13.4. The van der Waals surface area contributed by atoms with E-state index in [-0.39, 0.29) is 5.56 Å². The number of nitrogens with one attached hydrogen (secondary N) is 1. The molecule has 5 rings (SSSR count). The van der Waals surface area contributed by atoms with E-state index in [0.29, 0.717) is 34.5 Å². The number of para-hydroxylation sites is 2.